The second kappa shape index (κ2) is 4.92. The normalized spacial score (nSPS) is 28.5. The van der Waals surface area contributed by atoms with Crippen LogP contribution in [0.15, 0.2) is 18.2 Å². The Morgan fingerprint density at radius 3 is 2.33 bits per heavy atom. The van der Waals surface area contributed by atoms with Gasteiger partial charge in [-0.05, 0) is 43.9 Å². The molecule has 0 aliphatic carbocycles. The number of halogens is 3. The number of nitrogens with zero attached hydrogens (tertiary/aromatic N) is 2. The Morgan fingerprint density at radius 2 is 1.81 bits per heavy atom. The van der Waals surface area contributed by atoms with Crippen LogP contribution in [0.5, 0.6) is 0 Å². The summed E-state index contributed by atoms with van der Waals surface area (Å²) in [6.07, 6.45) is -1.92. The molecule has 2 unspecified atom stereocenters. The molecule has 2 aliphatic heterocycles. The molecule has 2 saturated heterocycles. The summed E-state index contributed by atoms with van der Waals surface area (Å²) in [5.41, 5.74) is -0.732. The molecule has 2 bridgehead atoms. The highest BCUT2D eigenvalue weighted by molar-refractivity contribution is 5.57. The maximum absolute atomic E-state index is 13.0. The molecule has 0 aromatic heterocycles. The highest BCUT2D eigenvalue weighted by Gasteiger charge is 2.41. The van der Waals surface area contributed by atoms with Gasteiger partial charge < -0.3 is 10.0 Å². The SMILES string of the molecule is N#Cc1ccc(N2C3CCC2CC(O)C3)cc1C(F)(F)F. The molecule has 112 valence electrons. The van der Waals surface area contributed by atoms with E-state index in [-0.39, 0.29) is 23.8 Å². The summed E-state index contributed by atoms with van der Waals surface area (Å²) in [6, 6.07) is 5.67. The van der Waals surface area contributed by atoms with E-state index < -0.39 is 11.7 Å². The summed E-state index contributed by atoms with van der Waals surface area (Å²) >= 11 is 0. The number of aliphatic hydroxyl groups excluding tert-OH is 1. The smallest absolute Gasteiger partial charge is 0.393 e. The molecule has 0 saturated carbocycles. The van der Waals surface area contributed by atoms with Gasteiger partial charge in [0.15, 0.2) is 0 Å². The lowest BCUT2D eigenvalue weighted by Crippen LogP contribution is -2.44. The van der Waals surface area contributed by atoms with Crippen molar-refractivity contribution in [2.24, 2.45) is 0 Å². The van der Waals surface area contributed by atoms with Crippen LogP contribution in [-0.2, 0) is 6.18 Å². The zero-order chi connectivity index (χ0) is 15.2. The number of hydrogen-bond acceptors (Lipinski definition) is 3. The minimum Gasteiger partial charge on any atom is -0.393 e. The van der Waals surface area contributed by atoms with E-state index in [9.17, 15) is 18.3 Å². The number of piperidine rings is 1. The number of benzene rings is 1. The first kappa shape index (κ1) is 14.2. The maximum Gasteiger partial charge on any atom is 0.417 e. The molecule has 3 nitrogen and oxygen atoms in total. The van der Waals surface area contributed by atoms with Gasteiger partial charge in [-0.15, -0.1) is 0 Å². The van der Waals surface area contributed by atoms with Crippen molar-refractivity contribution >= 4 is 5.69 Å². The molecule has 0 spiro atoms. The first-order valence-electron chi connectivity index (χ1n) is 6.98. The number of nitriles is 1. The van der Waals surface area contributed by atoms with E-state index in [0.717, 1.165) is 18.9 Å². The van der Waals surface area contributed by atoms with Crippen molar-refractivity contribution in [3.05, 3.63) is 29.3 Å². The van der Waals surface area contributed by atoms with Crippen molar-refractivity contribution in [2.45, 2.75) is 50.0 Å². The predicted molar refractivity (Wildman–Crippen MR) is 70.7 cm³/mol. The fourth-order valence-corrected chi connectivity index (χ4v) is 3.59. The summed E-state index contributed by atoms with van der Waals surface area (Å²) < 4.78 is 39.1. The van der Waals surface area contributed by atoms with Crippen LogP contribution in [0.3, 0.4) is 0 Å². The quantitative estimate of drug-likeness (QED) is 0.866. The Bertz CT molecular complexity index is 580. The average molecular weight is 296 g/mol. The largest absolute Gasteiger partial charge is 0.417 e. The number of alkyl halides is 3. The van der Waals surface area contributed by atoms with E-state index in [4.69, 9.17) is 5.26 Å². The number of fused-ring (bicyclic) bond motifs is 2. The molecular formula is C15H15F3N2O. The molecule has 1 aromatic rings. The first-order valence-corrected chi connectivity index (χ1v) is 6.98. The van der Waals surface area contributed by atoms with Crippen LogP contribution >= 0.6 is 0 Å². The molecule has 2 atom stereocenters. The van der Waals surface area contributed by atoms with E-state index >= 15 is 0 Å². The van der Waals surface area contributed by atoms with Gasteiger partial charge in [0, 0.05) is 17.8 Å². The van der Waals surface area contributed by atoms with Gasteiger partial charge in [0.2, 0.25) is 0 Å². The molecule has 3 rings (SSSR count). The Morgan fingerprint density at radius 1 is 1.19 bits per heavy atom. The van der Waals surface area contributed by atoms with Crippen LogP contribution in [0.25, 0.3) is 0 Å². The molecule has 2 aliphatic rings. The van der Waals surface area contributed by atoms with Gasteiger partial charge in [-0.1, -0.05) is 0 Å². The lowest BCUT2D eigenvalue weighted by atomic mass is 9.98. The third kappa shape index (κ3) is 2.46. The monoisotopic (exact) mass is 296 g/mol. The third-order valence-electron chi connectivity index (χ3n) is 4.44. The van der Waals surface area contributed by atoms with Crippen LogP contribution < -0.4 is 4.90 Å². The van der Waals surface area contributed by atoms with Crippen LogP contribution in [0.4, 0.5) is 18.9 Å². The van der Waals surface area contributed by atoms with Gasteiger partial charge >= 0.3 is 6.18 Å². The summed E-state index contributed by atoms with van der Waals surface area (Å²) in [7, 11) is 0. The number of rotatable bonds is 1. The second-order valence-electron chi connectivity index (χ2n) is 5.76. The van der Waals surface area contributed by atoms with Crippen LogP contribution in [0.2, 0.25) is 0 Å². The summed E-state index contributed by atoms with van der Waals surface area (Å²) in [5, 5.41) is 18.6. The Hall–Kier alpha value is -1.74. The highest BCUT2D eigenvalue weighted by atomic mass is 19.4. The fraction of sp³-hybridized carbons (Fsp3) is 0.533. The third-order valence-corrected chi connectivity index (χ3v) is 4.44. The van der Waals surface area contributed by atoms with Gasteiger partial charge in [0.25, 0.3) is 0 Å². The van der Waals surface area contributed by atoms with Gasteiger partial charge in [0.1, 0.15) is 0 Å². The molecule has 0 amide bonds. The van der Waals surface area contributed by atoms with Gasteiger partial charge in [0.05, 0.1) is 23.3 Å². The molecule has 2 fully saturated rings. The number of aliphatic hydroxyl groups is 1. The van der Waals surface area contributed by atoms with Crippen molar-refractivity contribution in [1.82, 2.24) is 0 Å². The minimum absolute atomic E-state index is 0.0905. The lowest BCUT2D eigenvalue weighted by Gasteiger charge is -2.39. The minimum atomic E-state index is -4.53. The Kier molecular flexibility index (Phi) is 3.33. The van der Waals surface area contributed by atoms with Crippen LogP contribution in [0, 0.1) is 11.3 Å². The zero-order valence-corrected chi connectivity index (χ0v) is 11.3. The summed E-state index contributed by atoms with van der Waals surface area (Å²) in [6.45, 7) is 0. The summed E-state index contributed by atoms with van der Waals surface area (Å²) in [5.74, 6) is 0. The molecule has 1 N–H and O–H groups in total. The van der Waals surface area contributed by atoms with Gasteiger partial charge in [-0.3, -0.25) is 0 Å². The zero-order valence-electron chi connectivity index (χ0n) is 11.3. The van der Waals surface area contributed by atoms with Crippen molar-refractivity contribution in [1.29, 1.82) is 5.26 Å². The van der Waals surface area contributed by atoms with Gasteiger partial charge in [-0.2, -0.15) is 18.4 Å². The topological polar surface area (TPSA) is 47.3 Å². The molecule has 6 heteroatoms. The van der Waals surface area contributed by atoms with Crippen LogP contribution in [0.1, 0.15) is 36.8 Å². The van der Waals surface area contributed by atoms with Crippen molar-refractivity contribution in [2.75, 3.05) is 4.90 Å². The Labute approximate surface area is 120 Å². The van der Waals surface area contributed by atoms with Gasteiger partial charge in [-0.25, -0.2) is 0 Å². The van der Waals surface area contributed by atoms with Crippen molar-refractivity contribution < 1.29 is 18.3 Å². The number of hydrogen-bond donors (Lipinski definition) is 1. The molecule has 2 heterocycles. The number of anilines is 1. The van der Waals surface area contributed by atoms with E-state index in [1.165, 1.54) is 6.07 Å². The lowest BCUT2D eigenvalue weighted by molar-refractivity contribution is -0.137. The van der Waals surface area contributed by atoms with Crippen molar-refractivity contribution in [3.8, 4) is 6.07 Å². The average Bonchev–Trinajstić information content (AvgIpc) is 2.69. The molecule has 0 radical (unpaired) electrons. The van der Waals surface area contributed by atoms with Crippen molar-refractivity contribution in [3.63, 3.8) is 0 Å². The van der Waals surface area contributed by atoms with E-state index in [1.807, 2.05) is 4.90 Å². The Balaban J connectivity index is 1.99. The summed E-state index contributed by atoms with van der Waals surface area (Å²) in [4.78, 5) is 1.99. The van der Waals surface area contributed by atoms with E-state index in [2.05, 4.69) is 0 Å². The second-order valence-corrected chi connectivity index (χ2v) is 5.76. The van der Waals surface area contributed by atoms with Crippen LogP contribution in [-0.4, -0.2) is 23.3 Å². The first-order chi connectivity index (χ1) is 9.90. The van der Waals surface area contributed by atoms with E-state index in [0.29, 0.717) is 18.5 Å². The highest BCUT2D eigenvalue weighted by Crippen LogP contribution is 2.41. The maximum atomic E-state index is 13.0. The van der Waals surface area contributed by atoms with E-state index in [1.54, 1.807) is 12.1 Å². The molecule has 21 heavy (non-hydrogen) atoms. The molecule has 1 aromatic carbocycles. The predicted octanol–water partition coefficient (Wildman–Crippen LogP) is 3.07. The standard InChI is InChI=1S/C15H15F3N2O/c16-15(17,18)14-7-12(2-1-9(14)8-19)20-10-3-4-11(20)6-13(21)5-10/h1-2,7,10-11,13,21H,3-6H2. The fourth-order valence-electron chi connectivity index (χ4n) is 3.59. The molecular weight excluding hydrogens is 281 g/mol.